The van der Waals surface area contributed by atoms with E-state index >= 15 is 0 Å². The van der Waals surface area contributed by atoms with Gasteiger partial charge in [-0.2, -0.15) is 5.10 Å². The molecule has 0 saturated carbocycles. The minimum atomic E-state index is -1.28. The van der Waals surface area contributed by atoms with Crippen LogP contribution in [0.4, 0.5) is 10.1 Å². The fraction of sp³-hybridized carbons (Fsp3) is 0.158. The number of rotatable bonds is 5. The van der Waals surface area contributed by atoms with E-state index in [1.165, 1.54) is 23.1 Å². The molecule has 1 heterocycles. The minimum absolute atomic E-state index is 0.109. The van der Waals surface area contributed by atoms with Crippen molar-refractivity contribution in [1.82, 2.24) is 9.78 Å². The first-order valence-corrected chi connectivity index (χ1v) is 7.83. The van der Waals surface area contributed by atoms with Crippen LogP contribution in [-0.4, -0.2) is 20.8 Å². The Morgan fingerprint density at radius 2 is 1.88 bits per heavy atom. The fourth-order valence-corrected chi connectivity index (χ4v) is 2.57. The number of aliphatic hydroxyl groups is 1. The summed E-state index contributed by atoms with van der Waals surface area (Å²) in [5, 5.41) is 17.2. The molecule has 25 heavy (non-hydrogen) atoms. The highest BCUT2D eigenvalue weighted by molar-refractivity contribution is 5.91. The molecule has 5 nitrogen and oxygen atoms in total. The molecule has 0 aliphatic carbocycles. The van der Waals surface area contributed by atoms with Crippen LogP contribution in [0.1, 0.15) is 18.9 Å². The number of amides is 1. The molecule has 2 N–H and O–H groups in total. The Balaban J connectivity index is 1.69. The van der Waals surface area contributed by atoms with Crippen LogP contribution < -0.4 is 5.32 Å². The molecule has 1 amide bonds. The zero-order valence-electron chi connectivity index (χ0n) is 13.7. The third kappa shape index (κ3) is 3.92. The smallest absolute Gasteiger partial charge is 0.227 e. The van der Waals surface area contributed by atoms with Crippen molar-refractivity contribution in [1.29, 1.82) is 0 Å². The van der Waals surface area contributed by atoms with Gasteiger partial charge in [0, 0.05) is 0 Å². The Labute approximate surface area is 144 Å². The predicted octanol–water partition coefficient (Wildman–Crippen LogP) is 3.25. The van der Waals surface area contributed by atoms with Gasteiger partial charge in [0.15, 0.2) is 0 Å². The number of aromatic nitrogens is 2. The van der Waals surface area contributed by atoms with Crippen LogP contribution in [0, 0.1) is 5.82 Å². The number of para-hydroxylation sites is 1. The molecule has 0 bridgehead atoms. The van der Waals surface area contributed by atoms with Crippen LogP contribution in [-0.2, 0) is 10.4 Å². The molecule has 2 aromatic carbocycles. The van der Waals surface area contributed by atoms with Crippen molar-refractivity contribution in [2.24, 2.45) is 0 Å². The summed E-state index contributed by atoms with van der Waals surface area (Å²) >= 11 is 0. The van der Waals surface area contributed by atoms with Gasteiger partial charge in [0.1, 0.15) is 11.5 Å². The number of anilines is 1. The van der Waals surface area contributed by atoms with Crippen LogP contribution in [0.3, 0.4) is 0 Å². The highest BCUT2D eigenvalue weighted by atomic mass is 19.1. The number of benzene rings is 2. The fourth-order valence-electron chi connectivity index (χ4n) is 2.57. The molecular weight excluding hydrogens is 321 g/mol. The third-order valence-electron chi connectivity index (χ3n) is 3.87. The summed E-state index contributed by atoms with van der Waals surface area (Å²) < 4.78 is 15.1. The normalized spacial score (nSPS) is 13.2. The van der Waals surface area contributed by atoms with Crippen molar-refractivity contribution < 1.29 is 14.3 Å². The lowest BCUT2D eigenvalue weighted by molar-refractivity contribution is -0.120. The Bertz CT molecular complexity index is 875. The maximum atomic E-state index is 13.8. The molecular formula is C19H18FN3O2. The van der Waals surface area contributed by atoms with Crippen LogP contribution in [0.2, 0.25) is 0 Å². The maximum absolute atomic E-state index is 13.8. The van der Waals surface area contributed by atoms with Gasteiger partial charge in [-0.1, -0.05) is 42.5 Å². The van der Waals surface area contributed by atoms with Crippen molar-refractivity contribution in [3.8, 4) is 5.69 Å². The van der Waals surface area contributed by atoms with Crippen molar-refractivity contribution in [3.05, 3.63) is 78.4 Å². The van der Waals surface area contributed by atoms with Crippen molar-refractivity contribution in [3.63, 3.8) is 0 Å². The second-order valence-corrected chi connectivity index (χ2v) is 5.99. The summed E-state index contributed by atoms with van der Waals surface area (Å²) in [5.41, 5.74) is 0.0935. The van der Waals surface area contributed by atoms with E-state index in [-0.39, 0.29) is 12.3 Å². The van der Waals surface area contributed by atoms with E-state index in [9.17, 15) is 14.3 Å². The van der Waals surface area contributed by atoms with Gasteiger partial charge < -0.3 is 10.4 Å². The van der Waals surface area contributed by atoms with E-state index in [1.807, 2.05) is 6.07 Å². The summed E-state index contributed by atoms with van der Waals surface area (Å²) in [4.78, 5) is 12.2. The second-order valence-electron chi connectivity index (χ2n) is 5.99. The highest BCUT2D eigenvalue weighted by Gasteiger charge is 2.26. The predicted molar refractivity (Wildman–Crippen MR) is 92.8 cm³/mol. The van der Waals surface area contributed by atoms with Gasteiger partial charge in [-0.25, -0.2) is 9.07 Å². The van der Waals surface area contributed by atoms with E-state index in [0.29, 0.717) is 16.9 Å². The number of carbonyl (C=O) groups excluding carboxylic acids is 1. The van der Waals surface area contributed by atoms with E-state index in [4.69, 9.17) is 0 Å². The molecule has 0 saturated heterocycles. The average Bonchev–Trinajstić information content (AvgIpc) is 3.03. The van der Waals surface area contributed by atoms with Gasteiger partial charge in [-0.3, -0.25) is 4.79 Å². The van der Waals surface area contributed by atoms with Crippen LogP contribution in [0.5, 0.6) is 0 Å². The average molecular weight is 339 g/mol. The molecule has 0 spiro atoms. The quantitative estimate of drug-likeness (QED) is 0.750. The first kappa shape index (κ1) is 16.9. The molecule has 3 aromatic rings. The zero-order valence-corrected chi connectivity index (χ0v) is 13.7. The largest absolute Gasteiger partial charge is 0.385 e. The molecule has 1 atom stereocenters. The third-order valence-corrected chi connectivity index (χ3v) is 3.87. The molecule has 0 radical (unpaired) electrons. The number of nitrogens with one attached hydrogen (secondary N) is 1. The van der Waals surface area contributed by atoms with Gasteiger partial charge in [0.05, 0.1) is 30.1 Å². The number of nitrogens with zero attached hydrogens (tertiary/aromatic N) is 2. The van der Waals surface area contributed by atoms with E-state index < -0.39 is 11.4 Å². The Hall–Kier alpha value is -2.99. The molecule has 0 fully saturated rings. The molecule has 3 rings (SSSR count). The van der Waals surface area contributed by atoms with Crippen molar-refractivity contribution in [2.75, 3.05) is 5.32 Å². The van der Waals surface area contributed by atoms with Gasteiger partial charge >= 0.3 is 0 Å². The summed E-state index contributed by atoms with van der Waals surface area (Å²) in [6, 6.07) is 15.2. The number of hydrogen-bond donors (Lipinski definition) is 2. The van der Waals surface area contributed by atoms with Crippen LogP contribution in [0.25, 0.3) is 5.69 Å². The van der Waals surface area contributed by atoms with Crippen molar-refractivity contribution >= 4 is 11.6 Å². The lowest BCUT2D eigenvalue weighted by atomic mass is 9.92. The first-order valence-electron chi connectivity index (χ1n) is 7.83. The van der Waals surface area contributed by atoms with E-state index in [1.54, 1.807) is 49.4 Å². The molecule has 128 valence electrons. The van der Waals surface area contributed by atoms with Crippen LogP contribution in [0.15, 0.2) is 67.0 Å². The molecule has 6 heteroatoms. The molecule has 1 unspecified atom stereocenters. The topological polar surface area (TPSA) is 67.2 Å². The minimum Gasteiger partial charge on any atom is -0.385 e. The number of hydrogen-bond acceptors (Lipinski definition) is 3. The number of halogens is 1. The Kier molecular flexibility index (Phi) is 4.63. The van der Waals surface area contributed by atoms with Gasteiger partial charge in [-0.05, 0) is 24.6 Å². The van der Waals surface area contributed by atoms with Gasteiger partial charge in [0.2, 0.25) is 5.91 Å². The van der Waals surface area contributed by atoms with E-state index in [2.05, 4.69) is 10.4 Å². The molecule has 1 aromatic heterocycles. The van der Waals surface area contributed by atoms with Gasteiger partial charge in [0.25, 0.3) is 0 Å². The Morgan fingerprint density at radius 1 is 1.20 bits per heavy atom. The number of carbonyl (C=O) groups is 1. The summed E-state index contributed by atoms with van der Waals surface area (Å²) in [7, 11) is 0. The highest BCUT2D eigenvalue weighted by Crippen LogP contribution is 2.25. The zero-order chi connectivity index (χ0) is 17.9. The monoisotopic (exact) mass is 339 g/mol. The maximum Gasteiger partial charge on any atom is 0.227 e. The summed E-state index contributed by atoms with van der Waals surface area (Å²) in [6.45, 7) is 1.59. The molecule has 0 aliphatic rings. The van der Waals surface area contributed by atoms with Crippen LogP contribution >= 0.6 is 0 Å². The van der Waals surface area contributed by atoms with Gasteiger partial charge in [-0.15, -0.1) is 0 Å². The van der Waals surface area contributed by atoms with E-state index in [0.717, 1.165) is 0 Å². The summed E-state index contributed by atoms with van der Waals surface area (Å²) in [6.07, 6.45) is 2.84. The Morgan fingerprint density at radius 3 is 2.60 bits per heavy atom. The second kappa shape index (κ2) is 6.86. The lowest BCUT2D eigenvalue weighted by Gasteiger charge is -2.23. The SMILES string of the molecule is CC(O)(CC(=O)Nc1cnn(-c2ccccc2F)c1)c1ccccc1. The standard InChI is InChI=1S/C19H18FN3O2/c1-19(25,14-7-3-2-4-8-14)11-18(24)22-15-12-21-23(13-15)17-10-6-5-9-16(17)20/h2-10,12-13,25H,11H2,1H3,(H,22,24). The molecule has 0 aliphatic heterocycles. The first-order chi connectivity index (χ1) is 12.0. The summed E-state index contributed by atoms with van der Waals surface area (Å²) in [5.74, 6) is -0.766. The van der Waals surface area contributed by atoms with Crippen molar-refractivity contribution in [2.45, 2.75) is 18.9 Å². The lowest BCUT2D eigenvalue weighted by Crippen LogP contribution is -2.28.